The second kappa shape index (κ2) is 5.05. The molecule has 0 saturated heterocycles. The third kappa shape index (κ3) is 2.59. The van der Waals surface area contributed by atoms with Crippen LogP contribution in [0.15, 0.2) is 23.0 Å². The van der Waals surface area contributed by atoms with E-state index in [-0.39, 0.29) is 5.56 Å². The number of nitrogens with zero attached hydrogens (tertiary/aromatic N) is 3. The molecule has 6 nitrogen and oxygen atoms in total. The number of aryl methyl sites for hydroxylation is 2. The third-order valence-electron chi connectivity index (χ3n) is 3.02. The maximum Gasteiger partial charge on any atom is 0.252 e. The predicted molar refractivity (Wildman–Crippen MR) is 83.6 cm³/mol. The molecular formula is C13H11Cl2N5O. The van der Waals surface area contributed by atoms with Crippen molar-refractivity contribution in [2.75, 3.05) is 5.32 Å². The summed E-state index contributed by atoms with van der Waals surface area (Å²) >= 11 is 12.0. The van der Waals surface area contributed by atoms with Gasteiger partial charge in [-0.25, -0.2) is 9.97 Å². The number of aromatic amines is 1. The van der Waals surface area contributed by atoms with Crippen LogP contribution in [0.25, 0.3) is 11.0 Å². The van der Waals surface area contributed by atoms with E-state index in [9.17, 15) is 4.79 Å². The van der Waals surface area contributed by atoms with Crippen LogP contribution in [0.4, 0.5) is 11.9 Å². The van der Waals surface area contributed by atoms with Crippen molar-refractivity contribution < 1.29 is 0 Å². The summed E-state index contributed by atoms with van der Waals surface area (Å²) in [4.78, 5) is 22.7. The summed E-state index contributed by atoms with van der Waals surface area (Å²) in [5.41, 5.74) is 1.91. The number of rotatable bonds is 2. The number of H-pyrrole nitrogens is 1. The van der Waals surface area contributed by atoms with Crippen LogP contribution in [0.3, 0.4) is 0 Å². The minimum Gasteiger partial charge on any atom is -0.313 e. The molecular weight excluding hydrogens is 313 g/mol. The number of aromatic nitrogens is 4. The van der Waals surface area contributed by atoms with Gasteiger partial charge in [0.15, 0.2) is 0 Å². The Morgan fingerprint density at radius 2 is 1.90 bits per heavy atom. The second-order valence-electron chi connectivity index (χ2n) is 4.61. The Morgan fingerprint density at radius 1 is 1.19 bits per heavy atom. The van der Waals surface area contributed by atoms with Crippen LogP contribution in [0.5, 0.6) is 0 Å². The molecule has 0 unspecified atom stereocenters. The fraction of sp³-hybridized carbons (Fsp3) is 0.154. The first-order valence-electron chi connectivity index (χ1n) is 6.10. The van der Waals surface area contributed by atoms with Gasteiger partial charge in [-0.3, -0.25) is 15.1 Å². The largest absolute Gasteiger partial charge is 0.313 e. The number of hydrogen-bond donors (Lipinski definition) is 2. The number of imidazole rings is 1. The van der Waals surface area contributed by atoms with Crippen molar-refractivity contribution in [3.63, 3.8) is 0 Å². The van der Waals surface area contributed by atoms with Crippen molar-refractivity contribution in [3.05, 3.63) is 44.3 Å². The standard InChI is InChI=1S/C13H11Cl2N5O/c1-6-3-11(21)18-12(16-6)19-13-17-9-4-7(14)8(15)5-10(9)20(13)2/h3-5H,1-2H3,(H2,16,17,18,19,21). The average Bonchev–Trinajstić information content (AvgIpc) is 2.66. The molecule has 0 bridgehead atoms. The molecule has 0 radical (unpaired) electrons. The Bertz CT molecular complexity index is 899. The summed E-state index contributed by atoms with van der Waals surface area (Å²) in [5.74, 6) is 0.854. The van der Waals surface area contributed by atoms with Crippen molar-refractivity contribution in [1.82, 2.24) is 19.5 Å². The van der Waals surface area contributed by atoms with E-state index in [4.69, 9.17) is 23.2 Å². The summed E-state index contributed by atoms with van der Waals surface area (Å²) in [6.07, 6.45) is 0. The van der Waals surface area contributed by atoms with Crippen LogP contribution in [0.2, 0.25) is 10.0 Å². The Hall–Kier alpha value is -2.05. The van der Waals surface area contributed by atoms with Crippen LogP contribution >= 0.6 is 23.2 Å². The van der Waals surface area contributed by atoms with Crippen molar-refractivity contribution in [1.29, 1.82) is 0 Å². The first-order valence-corrected chi connectivity index (χ1v) is 6.86. The van der Waals surface area contributed by atoms with Crippen LogP contribution in [-0.2, 0) is 7.05 Å². The first kappa shape index (κ1) is 13.9. The lowest BCUT2D eigenvalue weighted by Gasteiger charge is -2.05. The lowest BCUT2D eigenvalue weighted by atomic mass is 10.3. The fourth-order valence-electron chi connectivity index (χ4n) is 2.04. The van der Waals surface area contributed by atoms with E-state index in [0.29, 0.717) is 33.2 Å². The molecule has 1 aromatic carbocycles. The number of benzene rings is 1. The molecule has 2 aromatic heterocycles. The van der Waals surface area contributed by atoms with Gasteiger partial charge in [0, 0.05) is 18.8 Å². The zero-order valence-corrected chi connectivity index (χ0v) is 12.7. The molecule has 0 spiro atoms. The predicted octanol–water partition coefficient (Wildman–Crippen LogP) is 3.02. The lowest BCUT2D eigenvalue weighted by Crippen LogP contribution is -2.12. The van der Waals surface area contributed by atoms with Gasteiger partial charge in [0.05, 0.1) is 21.1 Å². The van der Waals surface area contributed by atoms with E-state index >= 15 is 0 Å². The van der Waals surface area contributed by atoms with Crippen LogP contribution < -0.4 is 10.9 Å². The smallest absolute Gasteiger partial charge is 0.252 e. The fourth-order valence-corrected chi connectivity index (χ4v) is 2.36. The van der Waals surface area contributed by atoms with Gasteiger partial charge in [-0.15, -0.1) is 0 Å². The Labute approximate surface area is 129 Å². The van der Waals surface area contributed by atoms with Gasteiger partial charge in [0.25, 0.3) is 5.56 Å². The molecule has 8 heteroatoms. The van der Waals surface area contributed by atoms with Gasteiger partial charge >= 0.3 is 0 Å². The maximum absolute atomic E-state index is 11.5. The number of anilines is 2. The molecule has 2 heterocycles. The van der Waals surface area contributed by atoms with Crippen LogP contribution in [0, 0.1) is 6.92 Å². The van der Waals surface area contributed by atoms with E-state index in [2.05, 4.69) is 20.3 Å². The molecule has 3 aromatic rings. The maximum atomic E-state index is 11.5. The van der Waals surface area contributed by atoms with E-state index in [1.807, 2.05) is 7.05 Å². The molecule has 0 saturated carbocycles. The van der Waals surface area contributed by atoms with Crippen molar-refractivity contribution in [3.8, 4) is 0 Å². The zero-order valence-electron chi connectivity index (χ0n) is 11.2. The summed E-state index contributed by atoms with van der Waals surface area (Å²) in [5, 5.41) is 3.88. The molecule has 0 atom stereocenters. The van der Waals surface area contributed by atoms with Crippen molar-refractivity contribution in [2.45, 2.75) is 6.92 Å². The van der Waals surface area contributed by atoms with Gasteiger partial charge < -0.3 is 4.57 Å². The molecule has 108 valence electrons. The Kier molecular flexibility index (Phi) is 3.35. The number of hydrogen-bond acceptors (Lipinski definition) is 4. The highest BCUT2D eigenvalue weighted by atomic mass is 35.5. The number of halogens is 2. The highest BCUT2D eigenvalue weighted by Crippen LogP contribution is 2.29. The van der Waals surface area contributed by atoms with Gasteiger partial charge in [-0.1, -0.05) is 23.2 Å². The van der Waals surface area contributed by atoms with Gasteiger partial charge in [0.1, 0.15) is 0 Å². The second-order valence-corrected chi connectivity index (χ2v) is 5.42. The molecule has 3 rings (SSSR count). The van der Waals surface area contributed by atoms with Crippen LogP contribution in [0.1, 0.15) is 5.69 Å². The quantitative estimate of drug-likeness (QED) is 0.760. The zero-order chi connectivity index (χ0) is 15.1. The number of nitrogens with one attached hydrogen (secondary N) is 2. The Morgan fingerprint density at radius 3 is 2.62 bits per heavy atom. The minimum atomic E-state index is -0.227. The van der Waals surface area contributed by atoms with Gasteiger partial charge in [-0.05, 0) is 19.1 Å². The molecule has 0 amide bonds. The average molecular weight is 324 g/mol. The van der Waals surface area contributed by atoms with E-state index in [0.717, 1.165) is 5.52 Å². The third-order valence-corrected chi connectivity index (χ3v) is 3.74. The molecule has 0 fully saturated rings. The van der Waals surface area contributed by atoms with Crippen LogP contribution in [-0.4, -0.2) is 19.5 Å². The normalized spacial score (nSPS) is 11.0. The first-order chi connectivity index (χ1) is 9.94. The summed E-state index contributed by atoms with van der Waals surface area (Å²) in [7, 11) is 1.83. The molecule has 0 aliphatic heterocycles. The van der Waals surface area contributed by atoms with E-state index in [1.165, 1.54) is 6.07 Å². The van der Waals surface area contributed by atoms with E-state index < -0.39 is 0 Å². The molecule has 0 aliphatic carbocycles. The summed E-state index contributed by atoms with van der Waals surface area (Å²) < 4.78 is 1.81. The minimum absolute atomic E-state index is 0.227. The lowest BCUT2D eigenvalue weighted by molar-refractivity contribution is 0.945. The highest BCUT2D eigenvalue weighted by molar-refractivity contribution is 6.42. The molecule has 0 aliphatic rings. The summed E-state index contributed by atoms with van der Waals surface area (Å²) in [6, 6.07) is 4.85. The number of fused-ring (bicyclic) bond motifs is 1. The van der Waals surface area contributed by atoms with Crippen molar-refractivity contribution >= 4 is 46.1 Å². The monoisotopic (exact) mass is 323 g/mol. The van der Waals surface area contributed by atoms with Gasteiger partial charge in [-0.2, -0.15) is 0 Å². The SMILES string of the molecule is Cc1cc(=O)[nH]c(Nc2nc3cc(Cl)c(Cl)cc3n2C)n1. The van der Waals surface area contributed by atoms with Gasteiger partial charge in [0.2, 0.25) is 11.9 Å². The molecule has 21 heavy (non-hydrogen) atoms. The molecule has 2 N–H and O–H groups in total. The highest BCUT2D eigenvalue weighted by Gasteiger charge is 2.11. The van der Waals surface area contributed by atoms with E-state index in [1.54, 1.807) is 23.6 Å². The topological polar surface area (TPSA) is 75.6 Å². The summed E-state index contributed by atoms with van der Waals surface area (Å²) in [6.45, 7) is 1.74. The van der Waals surface area contributed by atoms with Crippen molar-refractivity contribution in [2.24, 2.45) is 7.05 Å². The Balaban J connectivity index is 2.08.